The molecule has 3 rings (SSSR count). The van der Waals surface area contributed by atoms with E-state index in [1.54, 1.807) is 0 Å². The van der Waals surface area contributed by atoms with Crippen LogP contribution in [0.15, 0.2) is 78.9 Å². The number of hydrogen-bond acceptors (Lipinski definition) is 2. The van der Waals surface area contributed by atoms with Gasteiger partial charge in [-0.15, -0.1) is 0 Å². The third-order valence-electron chi connectivity index (χ3n) is 4.31. The third kappa shape index (κ3) is 4.71. The lowest BCUT2D eigenvalue weighted by Crippen LogP contribution is -2.20. The van der Waals surface area contributed by atoms with Gasteiger partial charge < -0.3 is 5.43 Å². The molecule has 3 aromatic rings. The summed E-state index contributed by atoms with van der Waals surface area (Å²) in [6, 6.07) is 27.7. The molecule has 2 N–H and O–H groups in total. The molecule has 2 nitrogen and oxygen atoms in total. The third-order valence-corrected chi connectivity index (χ3v) is 4.31. The van der Waals surface area contributed by atoms with Gasteiger partial charge in [-0.3, -0.25) is 0 Å². The Morgan fingerprint density at radius 1 is 0.720 bits per heavy atom. The molecule has 0 fully saturated rings. The van der Waals surface area contributed by atoms with Crippen LogP contribution in [0.4, 0.5) is 5.69 Å². The van der Waals surface area contributed by atoms with E-state index in [9.17, 15) is 0 Å². The fourth-order valence-corrected chi connectivity index (χ4v) is 2.79. The van der Waals surface area contributed by atoms with E-state index in [-0.39, 0.29) is 5.41 Å². The molecule has 0 saturated carbocycles. The summed E-state index contributed by atoms with van der Waals surface area (Å²) in [6.45, 7) is 7.50. The Hall–Kier alpha value is -2.58. The van der Waals surface area contributed by atoms with Crippen molar-refractivity contribution in [2.75, 3.05) is 5.43 Å². The summed E-state index contributed by atoms with van der Waals surface area (Å²) < 4.78 is 0. The number of anilines is 1. The molecule has 128 valence electrons. The summed E-state index contributed by atoms with van der Waals surface area (Å²) in [7, 11) is 0. The van der Waals surface area contributed by atoms with E-state index in [2.05, 4.69) is 80.2 Å². The lowest BCUT2D eigenvalue weighted by atomic mass is 9.86. The molecule has 0 aromatic heterocycles. The Kier molecular flexibility index (Phi) is 5.20. The Morgan fingerprint density at radius 3 is 2.12 bits per heavy atom. The number of rotatable bonds is 5. The summed E-state index contributed by atoms with van der Waals surface area (Å²) >= 11 is 0. The SMILES string of the molecule is CC(C)(C)c1ccc(-c2cccc(CNNc3ccccc3)c2)cc1. The van der Waals surface area contributed by atoms with E-state index < -0.39 is 0 Å². The maximum atomic E-state index is 3.28. The van der Waals surface area contributed by atoms with Crippen molar-refractivity contribution in [3.8, 4) is 11.1 Å². The van der Waals surface area contributed by atoms with E-state index in [1.165, 1.54) is 22.3 Å². The highest BCUT2D eigenvalue weighted by atomic mass is 15.3. The van der Waals surface area contributed by atoms with Crippen LogP contribution >= 0.6 is 0 Å². The summed E-state index contributed by atoms with van der Waals surface area (Å²) in [5.74, 6) is 0. The van der Waals surface area contributed by atoms with E-state index in [4.69, 9.17) is 0 Å². The second-order valence-corrected chi connectivity index (χ2v) is 7.37. The minimum Gasteiger partial charge on any atom is -0.321 e. The van der Waals surface area contributed by atoms with Gasteiger partial charge in [0.1, 0.15) is 0 Å². The second-order valence-electron chi connectivity index (χ2n) is 7.37. The first-order valence-corrected chi connectivity index (χ1v) is 8.76. The van der Waals surface area contributed by atoms with Gasteiger partial charge in [-0.1, -0.05) is 81.4 Å². The van der Waals surface area contributed by atoms with Crippen LogP contribution in [0.2, 0.25) is 0 Å². The molecular formula is C23H26N2. The molecule has 0 aliphatic rings. The molecule has 0 radical (unpaired) electrons. The van der Waals surface area contributed by atoms with Gasteiger partial charge >= 0.3 is 0 Å². The van der Waals surface area contributed by atoms with Crippen molar-refractivity contribution in [2.45, 2.75) is 32.7 Å². The molecule has 25 heavy (non-hydrogen) atoms. The number of benzene rings is 3. The van der Waals surface area contributed by atoms with Gasteiger partial charge in [0.15, 0.2) is 0 Å². The van der Waals surface area contributed by atoms with Crippen molar-refractivity contribution in [2.24, 2.45) is 0 Å². The summed E-state index contributed by atoms with van der Waals surface area (Å²) in [4.78, 5) is 0. The normalized spacial score (nSPS) is 11.3. The molecule has 3 aromatic carbocycles. The van der Waals surface area contributed by atoms with Gasteiger partial charge in [0, 0.05) is 12.2 Å². The number of hydrogen-bond donors (Lipinski definition) is 2. The largest absolute Gasteiger partial charge is 0.321 e. The first-order valence-electron chi connectivity index (χ1n) is 8.76. The molecule has 0 bridgehead atoms. The molecule has 0 amide bonds. The molecule has 2 heteroatoms. The van der Waals surface area contributed by atoms with Crippen LogP contribution in [0.1, 0.15) is 31.9 Å². The molecule has 0 atom stereocenters. The van der Waals surface area contributed by atoms with Crippen LogP contribution in [-0.4, -0.2) is 0 Å². The fourth-order valence-electron chi connectivity index (χ4n) is 2.79. The highest BCUT2D eigenvalue weighted by Gasteiger charge is 2.13. The zero-order valence-electron chi connectivity index (χ0n) is 15.2. The number of hydrazine groups is 1. The standard InChI is InChI=1S/C23H26N2/c1-23(2,3)21-14-12-19(13-15-21)20-9-7-8-18(16-20)17-24-25-22-10-5-4-6-11-22/h4-16,24-25H,17H2,1-3H3. The molecule has 0 unspecified atom stereocenters. The van der Waals surface area contributed by atoms with Crippen molar-refractivity contribution in [1.29, 1.82) is 0 Å². The van der Waals surface area contributed by atoms with Crippen LogP contribution in [0.3, 0.4) is 0 Å². The van der Waals surface area contributed by atoms with Crippen molar-refractivity contribution >= 4 is 5.69 Å². The van der Waals surface area contributed by atoms with Crippen LogP contribution in [-0.2, 0) is 12.0 Å². The number of para-hydroxylation sites is 1. The molecule has 0 aliphatic heterocycles. The first-order chi connectivity index (χ1) is 12.0. The molecular weight excluding hydrogens is 304 g/mol. The highest BCUT2D eigenvalue weighted by Crippen LogP contribution is 2.26. The van der Waals surface area contributed by atoms with E-state index in [0.717, 1.165) is 12.2 Å². The molecule has 0 heterocycles. The summed E-state index contributed by atoms with van der Waals surface area (Å²) in [5, 5.41) is 0. The zero-order valence-corrected chi connectivity index (χ0v) is 15.2. The van der Waals surface area contributed by atoms with Gasteiger partial charge in [0.25, 0.3) is 0 Å². The van der Waals surface area contributed by atoms with Gasteiger partial charge in [-0.25, -0.2) is 5.43 Å². The Bertz CT molecular complexity index is 800. The fraction of sp³-hybridized carbons (Fsp3) is 0.217. The molecule has 0 saturated heterocycles. The first kappa shape index (κ1) is 17.2. The monoisotopic (exact) mass is 330 g/mol. The topological polar surface area (TPSA) is 24.1 Å². The van der Waals surface area contributed by atoms with Crippen LogP contribution < -0.4 is 10.9 Å². The Balaban J connectivity index is 1.67. The molecule has 0 spiro atoms. The summed E-state index contributed by atoms with van der Waals surface area (Å²) in [5.41, 5.74) is 12.9. The lowest BCUT2D eigenvalue weighted by molar-refractivity contribution is 0.590. The van der Waals surface area contributed by atoms with Crippen LogP contribution in [0.25, 0.3) is 11.1 Å². The minimum atomic E-state index is 0.188. The maximum absolute atomic E-state index is 3.28. The number of nitrogens with one attached hydrogen (secondary N) is 2. The van der Waals surface area contributed by atoms with Gasteiger partial charge in [-0.2, -0.15) is 0 Å². The maximum Gasteiger partial charge on any atom is 0.0487 e. The predicted molar refractivity (Wildman–Crippen MR) is 107 cm³/mol. The molecule has 0 aliphatic carbocycles. The Morgan fingerprint density at radius 2 is 1.44 bits per heavy atom. The van der Waals surface area contributed by atoms with E-state index >= 15 is 0 Å². The van der Waals surface area contributed by atoms with E-state index in [0.29, 0.717) is 0 Å². The average Bonchev–Trinajstić information content (AvgIpc) is 2.62. The quantitative estimate of drug-likeness (QED) is 0.580. The average molecular weight is 330 g/mol. The highest BCUT2D eigenvalue weighted by molar-refractivity contribution is 5.64. The lowest BCUT2D eigenvalue weighted by Gasteiger charge is -2.19. The van der Waals surface area contributed by atoms with Gasteiger partial charge in [-0.05, 0) is 45.9 Å². The van der Waals surface area contributed by atoms with Crippen molar-refractivity contribution < 1.29 is 0 Å². The Labute approximate surface area is 150 Å². The predicted octanol–water partition coefficient (Wildman–Crippen LogP) is 5.77. The van der Waals surface area contributed by atoms with Crippen molar-refractivity contribution in [3.05, 3.63) is 90.0 Å². The zero-order chi connectivity index (χ0) is 17.7. The summed E-state index contributed by atoms with van der Waals surface area (Å²) in [6.07, 6.45) is 0. The van der Waals surface area contributed by atoms with Gasteiger partial charge in [0.05, 0.1) is 0 Å². The van der Waals surface area contributed by atoms with Crippen LogP contribution in [0, 0.1) is 0 Å². The van der Waals surface area contributed by atoms with Crippen molar-refractivity contribution in [3.63, 3.8) is 0 Å². The second kappa shape index (κ2) is 7.54. The van der Waals surface area contributed by atoms with E-state index in [1.807, 2.05) is 30.3 Å². The van der Waals surface area contributed by atoms with Gasteiger partial charge in [0.2, 0.25) is 0 Å². The van der Waals surface area contributed by atoms with Crippen LogP contribution in [0.5, 0.6) is 0 Å². The van der Waals surface area contributed by atoms with Crippen molar-refractivity contribution in [1.82, 2.24) is 5.43 Å². The smallest absolute Gasteiger partial charge is 0.0487 e. The minimum absolute atomic E-state index is 0.188.